The number of anilines is 1. The Morgan fingerprint density at radius 1 is 1.33 bits per heavy atom. The predicted molar refractivity (Wildman–Crippen MR) is 80.5 cm³/mol. The van der Waals surface area contributed by atoms with Gasteiger partial charge < -0.3 is 10.3 Å². The van der Waals surface area contributed by atoms with E-state index >= 15 is 0 Å². The number of aromatic nitrogens is 2. The summed E-state index contributed by atoms with van der Waals surface area (Å²) in [4.78, 5) is 18.4. The highest BCUT2D eigenvalue weighted by Gasteiger charge is 2.07. The molecule has 0 unspecified atom stereocenters. The van der Waals surface area contributed by atoms with Crippen LogP contribution in [0.5, 0.6) is 0 Å². The van der Waals surface area contributed by atoms with Crippen molar-refractivity contribution in [1.29, 1.82) is 5.26 Å². The molecule has 3 aromatic rings. The van der Waals surface area contributed by atoms with Crippen LogP contribution in [-0.2, 0) is 4.79 Å². The second kappa shape index (κ2) is 5.10. The van der Waals surface area contributed by atoms with Crippen molar-refractivity contribution >= 4 is 22.6 Å². The highest BCUT2D eigenvalue weighted by Crippen LogP contribution is 2.26. The van der Waals surface area contributed by atoms with Crippen molar-refractivity contribution in [3.8, 4) is 17.2 Å². The molecule has 0 radical (unpaired) electrons. The lowest BCUT2D eigenvalue weighted by Gasteiger charge is -2.06. The summed E-state index contributed by atoms with van der Waals surface area (Å²) in [5.41, 5.74) is 3.81. The maximum atomic E-state index is 11.1. The van der Waals surface area contributed by atoms with Gasteiger partial charge in [0.25, 0.3) is 0 Å². The van der Waals surface area contributed by atoms with Crippen LogP contribution in [0.3, 0.4) is 0 Å². The van der Waals surface area contributed by atoms with Crippen molar-refractivity contribution in [2.45, 2.75) is 6.92 Å². The lowest BCUT2D eigenvalue weighted by molar-refractivity contribution is -0.114. The number of nitrogens with one attached hydrogen (secondary N) is 2. The zero-order valence-corrected chi connectivity index (χ0v) is 11.3. The third kappa shape index (κ3) is 2.47. The summed E-state index contributed by atoms with van der Waals surface area (Å²) in [6, 6.07) is 11.6. The normalized spacial score (nSPS) is 10.3. The molecule has 1 aromatic carbocycles. The Hall–Kier alpha value is -3.13. The van der Waals surface area contributed by atoms with Crippen molar-refractivity contribution in [3.63, 3.8) is 0 Å². The highest BCUT2D eigenvalue weighted by molar-refractivity contribution is 5.90. The smallest absolute Gasteiger partial charge is 0.221 e. The highest BCUT2D eigenvalue weighted by atomic mass is 16.1. The Labute approximate surface area is 121 Å². The number of benzene rings is 1. The number of nitriles is 1. The average Bonchev–Trinajstić information content (AvgIpc) is 2.89. The number of H-pyrrole nitrogens is 1. The van der Waals surface area contributed by atoms with Gasteiger partial charge in [-0.15, -0.1) is 0 Å². The topological polar surface area (TPSA) is 81.6 Å². The van der Waals surface area contributed by atoms with E-state index in [1.807, 2.05) is 30.3 Å². The van der Waals surface area contributed by atoms with Crippen LogP contribution in [0.2, 0.25) is 0 Å². The summed E-state index contributed by atoms with van der Waals surface area (Å²) < 4.78 is 0. The lowest BCUT2D eigenvalue weighted by Crippen LogP contribution is -2.05. The lowest BCUT2D eigenvalue weighted by atomic mass is 10.1. The average molecular weight is 276 g/mol. The first-order valence-corrected chi connectivity index (χ1v) is 6.42. The van der Waals surface area contributed by atoms with Gasteiger partial charge in [0, 0.05) is 36.0 Å². The Kier molecular flexibility index (Phi) is 3.13. The maximum Gasteiger partial charge on any atom is 0.221 e. The van der Waals surface area contributed by atoms with Crippen LogP contribution in [-0.4, -0.2) is 15.9 Å². The van der Waals surface area contributed by atoms with Crippen LogP contribution in [0.1, 0.15) is 12.5 Å². The molecule has 5 heteroatoms. The molecular weight excluding hydrogens is 264 g/mol. The molecule has 0 saturated heterocycles. The van der Waals surface area contributed by atoms with E-state index in [4.69, 9.17) is 5.26 Å². The van der Waals surface area contributed by atoms with E-state index < -0.39 is 0 Å². The van der Waals surface area contributed by atoms with Gasteiger partial charge in [0.05, 0.1) is 5.56 Å². The van der Waals surface area contributed by atoms with E-state index in [1.165, 1.54) is 6.92 Å². The quantitative estimate of drug-likeness (QED) is 0.754. The molecule has 0 bridgehead atoms. The fraction of sp³-hybridized carbons (Fsp3) is 0.0625. The summed E-state index contributed by atoms with van der Waals surface area (Å²) >= 11 is 0. The number of carbonyl (C=O) groups is 1. The number of carbonyl (C=O) groups excluding carboxylic acids is 1. The predicted octanol–water partition coefficient (Wildman–Crippen LogP) is 3.06. The van der Waals surface area contributed by atoms with Crippen LogP contribution in [0.15, 0.2) is 42.7 Å². The first-order valence-electron chi connectivity index (χ1n) is 6.42. The Balaban J connectivity index is 2.07. The number of hydrogen-bond donors (Lipinski definition) is 2. The first kappa shape index (κ1) is 12.9. The Morgan fingerprint density at radius 2 is 2.19 bits per heavy atom. The molecule has 0 saturated carbocycles. The summed E-state index contributed by atoms with van der Waals surface area (Å²) in [5, 5.41) is 12.6. The number of rotatable bonds is 2. The van der Waals surface area contributed by atoms with Crippen LogP contribution in [0, 0.1) is 11.3 Å². The fourth-order valence-corrected chi connectivity index (χ4v) is 2.23. The molecular formula is C16H12N4O. The van der Waals surface area contributed by atoms with Crippen molar-refractivity contribution in [3.05, 3.63) is 48.3 Å². The van der Waals surface area contributed by atoms with Gasteiger partial charge in [-0.3, -0.25) is 4.79 Å². The standard InChI is InChI=1S/C16H12N4O/c1-10(21)20-14-4-2-3-11(5-14)12-6-15-13(7-17)9-19-16(15)18-8-12/h2-6,8-9H,1H3,(H,18,19)(H,20,21). The molecule has 0 aliphatic carbocycles. The zero-order chi connectivity index (χ0) is 14.8. The van der Waals surface area contributed by atoms with Crippen LogP contribution >= 0.6 is 0 Å². The molecule has 3 rings (SSSR count). The number of fused-ring (bicyclic) bond motifs is 1. The minimum Gasteiger partial charge on any atom is -0.345 e. The summed E-state index contributed by atoms with van der Waals surface area (Å²) in [6.45, 7) is 1.47. The molecule has 2 heterocycles. The SMILES string of the molecule is CC(=O)Nc1cccc(-c2cnc3[nH]cc(C#N)c3c2)c1. The zero-order valence-electron chi connectivity index (χ0n) is 11.3. The van der Waals surface area contributed by atoms with Crippen LogP contribution < -0.4 is 5.32 Å². The van der Waals surface area contributed by atoms with E-state index in [9.17, 15) is 4.79 Å². The molecule has 0 fully saturated rings. The van der Waals surface area contributed by atoms with Crippen molar-refractivity contribution in [2.24, 2.45) is 0 Å². The van der Waals surface area contributed by atoms with Crippen LogP contribution in [0.4, 0.5) is 5.69 Å². The maximum absolute atomic E-state index is 11.1. The van der Waals surface area contributed by atoms with Crippen molar-refractivity contribution < 1.29 is 4.79 Å². The van der Waals surface area contributed by atoms with E-state index in [1.54, 1.807) is 12.4 Å². The summed E-state index contributed by atoms with van der Waals surface area (Å²) in [7, 11) is 0. The van der Waals surface area contributed by atoms with E-state index in [-0.39, 0.29) is 5.91 Å². The Bertz CT molecular complexity index is 873. The largest absolute Gasteiger partial charge is 0.345 e. The van der Waals surface area contributed by atoms with Gasteiger partial charge in [-0.25, -0.2) is 4.98 Å². The van der Waals surface area contributed by atoms with Gasteiger partial charge in [0.2, 0.25) is 5.91 Å². The third-order valence-electron chi connectivity index (χ3n) is 3.17. The number of hydrogen-bond acceptors (Lipinski definition) is 3. The minimum absolute atomic E-state index is 0.113. The number of nitrogens with zero attached hydrogens (tertiary/aromatic N) is 2. The van der Waals surface area contributed by atoms with Crippen molar-refractivity contribution in [2.75, 3.05) is 5.32 Å². The van der Waals surface area contributed by atoms with Crippen LogP contribution in [0.25, 0.3) is 22.2 Å². The van der Waals surface area contributed by atoms with Gasteiger partial charge in [0.1, 0.15) is 11.7 Å². The van der Waals surface area contributed by atoms with E-state index in [2.05, 4.69) is 21.4 Å². The molecule has 0 atom stereocenters. The number of pyridine rings is 1. The molecule has 0 aliphatic heterocycles. The first-order chi connectivity index (χ1) is 10.2. The van der Waals surface area contributed by atoms with Gasteiger partial charge in [-0.2, -0.15) is 5.26 Å². The summed E-state index contributed by atoms with van der Waals surface area (Å²) in [5.74, 6) is -0.113. The second-order valence-corrected chi connectivity index (χ2v) is 4.70. The third-order valence-corrected chi connectivity index (χ3v) is 3.17. The monoisotopic (exact) mass is 276 g/mol. The second-order valence-electron chi connectivity index (χ2n) is 4.70. The van der Waals surface area contributed by atoms with Crippen molar-refractivity contribution in [1.82, 2.24) is 9.97 Å². The Morgan fingerprint density at radius 3 is 2.95 bits per heavy atom. The van der Waals surface area contributed by atoms with Gasteiger partial charge >= 0.3 is 0 Å². The van der Waals surface area contributed by atoms with Gasteiger partial charge in [0.15, 0.2) is 0 Å². The van der Waals surface area contributed by atoms with E-state index in [0.29, 0.717) is 11.2 Å². The summed E-state index contributed by atoms with van der Waals surface area (Å²) in [6.07, 6.45) is 3.39. The fourth-order valence-electron chi connectivity index (χ4n) is 2.23. The molecule has 0 aliphatic rings. The molecule has 1 amide bonds. The van der Waals surface area contributed by atoms with Gasteiger partial charge in [-0.05, 0) is 23.8 Å². The molecule has 21 heavy (non-hydrogen) atoms. The number of amides is 1. The molecule has 2 N–H and O–H groups in total. The van der Waals surface area contributed by atoms with E-state index in [0.717, 1.165) is 22.2 Å². The number of aromatic amines is 1. The molecule has 102 valence electrons. The molecule has 2 aromatic heterocycles. The minimum atomic E-state index is -0.113. The molecule has 0 spiro atoms. The molecule has 5 nitrogen and oxygen atoms in total. The van der Waals surface area contributed by atoms with Gasteiger partial charge in [-0.1, -0.05) is 12.1 Å².